The van der Waals surface area contributed by atoms with Crippen LogP contribution in [0.15, 0.2) is 23.3 Å². The van der Waals surface area contributed by atoms with Crippen LogP contribution >= 0.6 is 0 Å². The van der Waals surface area contributed by atoms with Gasteiger partial charge in [-0.25, -0.2) is 4.79 Å². The molecule has 2 fully saturated rings. The van der Waals surface area contributed by atoms with Gasteiger partial charge in [-0.3, -0.25) is 9.69 Å². The van der Waals surface area contributed by atoms with Crippen molar-refractivity contribution in [3.63, 3.8) is 0 Å². The number of alkyl halides is 3. The molecule has 4 aliphatic rings. The average molecular weight is 493 g/mol. The van der Waals surface area contributed by atoms with Gasteiger partial charge < -0.3 is 14.4 Å². The van der Waals surface area contributed by atoms with Gasteiger partial charge in [-0.15, -0.1) is 0 Å². The van der Waals surface area contributed by atoms with E-state index in [1.165, 1.54) is 6.07 Å². The molecule has 2 saturated heterocycles. The minimum absolute atomic E-state index is 0.0914. The molecule has 4 heterocycles. The van der Waals surface area contributed by atoms with E-state index in [0.29, 0.717) is 54.1 Å². The Morgan fingerprint density at radius 1 is 1.09 bits per heavy atom. The second-order valence-electron chi connectivity index (χ2n) is 10.2. The number of aryl methyl sites for hydroxylation is 1. The van der Waals surface area contributed by atoms with Crippen LogP contribution in [0.1, 0.15) is 54.9 Å². The predicted molar refractivity (Wildman–Crippen MR) is 121 cm³/mol. The molecule has 1 aromatic carbocycles. The summed E-state index contributed by atoms with van der Waals surface area (Å²) in [4.78, 5) is 30.4. The second-order valence-corrected chi connectivity index (χ2v) is 10.2. The number of rotatable bonds is 2. The Kier molecular flexibility index (Phi) is 6.20. The van der Waals surface area contributed by atoms with Crippen molar-refractivity contribution in [2.75, 3.05) is 32.8 Å². The summed E-state index contributed by atoms with van der Waals surface area (Å²) in [6, 6.07) is 2.77. The van der Waals surface area contributed by atoms with Crippen LogP contribution in [0, 0.1) is 6.92 Å². The first kappa shape index (κ1) is 24.3. The summed E-state index contributed by atoms with van der Waals surface area (Å²) in [6.45, 7) is 6.73. The van der Waals surface area contributed by atoms with Crippen molar-refractivity contribution in [1.82, 2.24) is 9.80 Å². The highest BCUT2D eigenvalue weighted by molar-refractivity contribution is 6.07. The molecule has 1 amide bonds. The lowest BCUT2D eigenvalue weighted by molar-refractivity contribution is -0.152. The number of carbonyl (C=O) groups is 2. The third-order valence-corrected chi connectivity index (χ3v) is 8.12. The van der Waals surface area contributed by atoms with Gasteiger partial charge in [0, 0.05) is 63.8 Å². The minimum atomic E-state index is -4.45. The number of nitrogens with zero attached hydrogens (tertiary/aromatic N) is 2. The molecule has 0 radical (unpaired) electrons. The number of carbonyl (C=O) groups excluding carboxylic acids is 2. The zero-order chi connectivity index (χ0) is 25.0. The normalized spacial score (nSPS) is 23.6. The third-order valence-electron chi connectivity index (χ3n) is 8.12. The Hall–Kier alpha value is -2.39. The lowest BCUT2D eigenvalue weighted by Gasteiger charge is -2.44. The smallest absolute Gasteiger partial charge is 0.416 e. The summed E-state index contributed by atoms with van der Waals surface area (Å²) in [7, 11) is 0. The van der Waals surface area contributed by atoms with E-state index >= 15 is 0 Å². The second kappa shape index (κ2) is 8.92. The molecule has 0 unspecified atom stereocenters. The van der Waals surface area contributed by atoms with Gasteiger partial charge in [0.25, 0.3) is 5.91 Å². The number of halogens is 3. The number of hydrogen-bond donors (Lipinski definition) is 0. The van der Waals surface area contributed by atoms with E-state index in [4.69, 9.17) is 9.47 Å². The average Bonchev–Trinajstić information content (AvgIpc) is 3.07. The molecule has 0 bridgehead atoms. The van der Waals surface area contributed by atoms with Gasteiger partial charge in [0.15, 0.2) is 0 Å². The van der Waals surface area contributed by atoms with Crippen molar-refractivity contribution in [3.8, 4) is 0 Å². The molecule has 0 aromatic heterocycles. The van der Waals surface area contributed by atoms with Crippen molar-refractivity contribution >= 4 is 11.9 Å². The minimum Gasteiger partial charge on any atom is -0.450 e. The Balaban J connectivity index is 1.37. The zero-order valence-corrected chi connectivity index (χ0v) is 20.2. The molecule has 9 heteroatoms. The number of ether oxygens (including phenoxy) is 2. The predicted octanol–water partition coefficient (Wildman–Crippen LogP) is 3.79. The van der Waals surface area contributed by atoms with Crippen molar-refractivity contribution in [2.45, 2.75) is 70.3 Å². The van der Waals surface area contributed by atoms with Crippen LogP contribution in [0.25, 0.3) is 0 Å². The highest BCUT2D eigenvalue weighted by Crippen LogP contribution is 2.43. The van der Waals surface area contributed by atoms with Crippen LogP contribution in [-0.2, 0) is 38.2 Å². The summed E-state index contributed by atoms with van der Waals surface area (Å²) >= 11 is 0. The van der Waals surface area contributed by atoms with E-state index in [0.717, 1.165) is 50.8 Å². The third kappa shape index (κ3) is 4.37. The first-order valence-corrected chi connectivity index (χ1v) is 12.3. The molecule has 0 aliphatic carbocycles. The molecule has 6 nitrogen and oxygen atoms in total. The first-order chi connectivity index (χ1) is 16.6. The van der Waals surface area contributed by atoms with Crippen LogP contribution in [0.3, 0.4) is 0 Å². The van der Waals surface area contributed by atoms with E-state index < -0.39 is 23.3 Å². The fraction of sp³-hybridized carbons (Fsp3) is 0.615. The molecule has 1 aromatic rings. The summed E-state index contributed by atoms with van der Waals surface area (Å²) in [5, 5.41) is 0. The fourth-order valence-corrected chi connectivity index (χ4v) is 6.17. The number of likely N-dealkylation sites (tertiary alicyclic amines) is 1. The molecule has 5 rings (SSSR count). The monoisotopic (exact) mass is 492 g/mol. The first-order valence-electron chi connectivity index (χ1n) is 12.3. The highest BCUT2D eigenvalue weighted by Gasteiger charge is 2.52. The van der Waals surface area contributed by atoms with Crippen LogP contribution in [-0.4, -0.2) is 66.2 Å². The summed E-state index contributed by atoms with van der Waals surface area (Å²) < 4.78 is 51.5. The largest absolute Gasteiger partial charge is 0.450 e. The van der Waals surface area contributed by atoms with Crippen LogP contribution in [0.5, 0.6) is 0 Å². The van der Waals surface area contributed by atoms with Gasteiger partial charge in [0.1, 0.15) is 5.60 Å². The maximum absolute atomic E-state index is 13.8. The number of fused-ring (bicyclic) bond motifs is 1. The van der Waals surface area contributed by atoms with Crippen molar-refractivity contribution < 1.29 is 32.2 Å². The van der Waals surface area contributed by atoms with E-state index in [9.17, 15) is 22.8 Å². The Labute approximate surface area is 203 Å². The Morgan fingerprint density at radius 2 is 1.77 bits per heavy atom. The molecule has 1 spiro atoms. The van der Waals surface area contributed by atoms with Gasteiger partial charge in [-0.2, -0.15) is 13.2 Å². The molecule has 4 aliphatic heterocycles. The lowest BCUT2D eigenvalue weighted by Crippen LogP contribution is -2.52. The number of hydrogen-bond acceptors (Lipinski definition) is 5. The van der Waals surface area contributed by atoms with Gasteiger partial charge in [0.05, 0.1) is 11.1 Å². The molecule has 0 N–H and O–H groups in total. The van der Waals surface area contributed by atoms with E-state index in [1.54, 1.807) is 18.7 Å². The van der Waals surface area contributed by atoms with Crippen molar-refractivity contribution in [3.05, 3.63) is 45.5 Å². The molecular weight excluding hydrogens is 461 g/mol. The topological polar surface area (TPSA) is 59.1 Å². The van der Waals surface area contributed by atoms with Gasteiger partial charge >= 0.3 is 12.1 Å². The van der Waals surface area contributed by atoms with Crippen LogP contribution in [0.2, 0.25) is 0 Å². The van der Waals surface area contributed by atoms with Gasteiger partial charge in [-0.1, -0.05) is 0 Å². The zero-order valence-electron chi connectivity index (χ0n) is 20.2. The quantitative estimate of drug-likeness (QED) is 0.588. The number of amides is 1. The highest BCUT2D eigenvalue weighted by atomic mass is 19.4. The molecular formula is C26H31F3N2O4. The van der Waals surface area contributed by atoms with Gasteiger partial charge in [-0.05, 0) is 61.9 Å². The summed E-state index contributed by atoms with van der Waals surface area (Å²) in [5.41, 5.74) is 1.03. The molecule has 0 saturated carbocycles. The Bertz CT molecular complexity index is 1070. The van der Waals surface area contributed by atoms with E-state index in [1.807, 2.05) is 0 Å². The lowest BCUT2D eigenvalue weighted by atomic mass is 9.81. The summed E-state index contributed by atoms with van der Waals surface area (Å²) in [5.74, 6) is -0.769. The number of benzene rings is 1. The molecule has 190 valence electrons. The van der Waals surface area contributed by atoms with Crippen molar-refractivity contribution in [2.24, 2.45) is 0 Å². The van der Waals surface area contributed by atoms with Crippen molar-refractivity contribution in [1.29, 1.82) is 0 Å². The summed E-state index contributed by atoms with van der Waals surface area (Å²) in [6.07, 6.45) is -0.942. The SMILES string of the molecule is CC1=C(C(=O)N2CCc3c(C)cc(C(F)(F)F)cc3C2)C2(CCN(C3CCOCC3)CC2)OC1=O. The fourth-order valence-electron chi connectivity index (χ4n) is 6.17. The number of piperidine rings is 1. The van der Waals surface area contributed by atoms with Gasteiger partial charge in [0.2, 0.25) is 0 Å². The molecule has 35 heavy (non-hydrogen) atoms. The van der Waals surface area contributed by atoms with Crippen LogP contribution in [0.4, 0.5) is 13.2 Å². The number of esters is 1. The van der Waals surface area contributed by atoms with Crippen LogP contribution < -0.4 is 0 Å². The van der Waals surface area contributed by atoms with E-state index in [2.05, 4.69) is 4.90 Å². The maximum atomic E-state index is 13.8. The standard InChI is InChI=1S/C26H31F3N2O4/c1-16-13-19(26(27,28)29)14-18-15-31(8-3-21(16)18)23(32)22-17(2)24(33)35-25(22)6-9-30(10-7-25)20-4-11-34-12-5-20/h13-14,20H,3-12,15H2,1-2H3. The maximum Gasteiger partial charge on any atom is 0.416 e. The Morgan fingerprint density at radius 3 is 2.43 bits per heavy atom. The van der Waals surface area contributed by atoms with E-state index in [-0.39, 0.29) is 12.5 Å². The molecule has 0 atom stereocenters.